The lowest BCUT2D eigenvalue weighted by Gasteiger charge is -2.34. The molecule has 1 aromatic heterocycles. The average molecular weight is 357 g/mol. The van der Waals surface area contributed by atoms with E-state index in [1.165, 1.54) is 6.20 Å². The molecule has 2 N–H and O–H groups in total. The van der Waals surface area contributed by atoms with E-state index >= 15 is 0 Å². The second kappa shape index (κ2) is 8.55. The van der Waals surface area contributed by atoms with E-state index in [2.05, 4.69) is 4.98 Å². The predicted molar refractivity (Wildman–Crippen MR) is 95.5 cm³/mol. The smallest absolute Gasteiger partial charge is 0.511 e. The zero-order valence-corrected chi connectivity index (χ0v) is 14.2. The van der Waals surface area contributed by atoms with E-state index in [4.69, 9.17) is 19.4 Å². The van der Waals surface area contributed by atoms with Crippen LogP contribution in [0.5, 0.6) is 5.75 Å². The average Bonchev–Trinajstić information content (AvgIpc) is 2.67. The Morgan fingerprint density at radius 3 is 2.42 bits per heavy atom. The zero-order chi connectivity index (χ0) is 18.4. The van der Waals surface area contributed by atoms with Crippen molar-refractivity contribution in [1.82, 2.24) is 9.88 Å². The van der Waals surface area contributed by atoms with Crippen LogP contribution in [-0.2, 0) is 11.3 Å². The van der Waals surface area contributed by atoms with Gasteiger partial charge >= 0.3 is 13.4 Å². The Morgan fingerprint density at radius 1 is 1.08 bits per heavy atom. The second-order valence-corrected chi connectivity index (χ2v) is 5.81. The van der Waals surface area contributed by atoms with E-state index in [9.17, 15) is 4.79 Å². The van der Waals surface area contributed by atoms with Crippen molar-refractivity contribution in [3.63, 3.8) is 0 Å². The number of nitrogens with zero attached hydrogens (tertiary/aromatic N) is 3. The third kappa shape index (κ3) is 4.87. The number of pyridine rings is 1. The van der Waals surface area contributed by atoms with Crippen LogP contribution in [0.2, 0.25) is 0 Å². The molecule has 2 heterocycles. The number of amides is 1. The minimum Gasteiger partial charge on any atom is -0.511 e. The van der Waals surface area contributed by atoms with Crippen molar-refractivity contribution >= 4 is 19.2 Å². The van der Waals surface area contributed by atoms with Gasteiger partial charge in [0.1, 0.15) is 18.2 Å². The third-order valence-corrected chi connectivity index (χ3v) is 4.03. The minimum absolute atomic E-state index is 0.264. The molecule has 26 heavy (non-hydrogen) atoms. The highest BCUT2D eigenvalue weighted by Crippen LogP contribution is 2.18. The Bertz CT molecular complexity index is 706. The first kappa shape index (κ1) is 18.0. The zero-order valence-electron chi connectivity index (χ0n) is 14.2. The fraction of sp³-hybridized carbons (Fsp3) is 0.294. The van der Waals surface area contributed by atoms with Gasteiger partial charge in [-0.05, 0) is 17.7 Å². The van der Waals surface area contributed by atoms with Crippen molar-refractivity contribution in [3.05, 3.63) is 54.2 Å². The monoisotopic (exact) mass is 357 g/mol. The highest BCUT2D eigenvalue weighted by atomic mass is 16.6. The Hall–Kier alpha value is -2.78. The number of anilines is 1. The van der Waals surface area contributed by atoms with Gasteiger partial charge < -0.3 is 29.2 Å². The van der Waals surface area contributed by atoms with E-state index in [0.29, 0.717) is 26.2 Å². The van der Waals surface area contributed by atoms with Gasteiger partial charge in [-0.1, -0.05) is 30.3 Å². The van der Waals surface area contributed by atoms with Crippen molar-refractivity contribution in [3.8, 4) is 5.75 Å². The summed E-state index contributed by atoms with van der Waals surface area (Å²) in [4.78, 5) is 20.1. The summed E-state index contributed by atoms with van der Waals surface area (Å²) in [6, 6.07) is 12.9. The maximum absolute atomic E-state index is 12.2. The van der Waals surface area contributed by atoms with Crippen molar-refractivity contribution in [2.45, 2.75) is 6.61 Å². The maximum Gasteiger partial charge on any atom is 0.707 e. The molecule has 3 rings (SSSR count). The molecule has 2 aromatic rings. The largest absolute Gasteiger partial charge is 0.707 e. The summed E-state index contributed by atoms with van der Waals surface area (Å²) in [7, 11) is -1.87. The van der Waals surface area contributed by atoms with Crippen molar-refractivity contribution in [2.75, 3.05) is 31.1 Å². The molecule has 1 amide bonds. The van der Waals surface area contributed by atoms with Crippen molar-refractivity contribution in [2.24, 2.45) is 0 Å². The van der Waals surface area contributed by atoms with Crippen LogP contribution >= 0.6 is 0 Å². The molecule has 1 aliphatic rings. The van der Waals surface area contributed by atoms with Crippen LogP contribution in [0.4, 0.5) is 10.6 Å². The quantitative estimate of drug-likeness (QED) is 0.768. The van der Waals surface area contributed by atoms with Crippen LogP contribution in [0.25, 0.3) is 0 Å². The van der Waals surface area contributed by atoms with Crippen LogP contribution in [0.1, 0.15) is 5.56 Å². The lowest BCUT2D eigenvalue weighted by molar-refractivity contribution is 0.0941. The fourth-order valence-electron chi connectivity index (χ4n) is 2.68. The summed E-state index contributed by atoms with van der Waals surface area (Å²) in [5.41, 5.74) is 0.957. The summed E-state index contributed by atoms with van der Waals surface area (Å²) in [5.74, 6) is 1.01. The molecule has 1 saturated heterocycles. The number of hydrogen-bond acceptors (Lipinski definition) is 7. The van der Waals surface area contributed by atoms with Crippen LogP contribution in [-0.4, -0.2) is 59.5 Å². The number of ether oxygens (including phenoxy) is 1. The lowest BCUT2D eigenvalue weighted by atomic mass is 10.2. The topological polar surface area (TPSA) is 95.4 Å². The van der Waals surface area contributed by atoms with E-state index < -0.39 is 7.32 Å². The number of benzene rings is 1. The SMILES string of the molecule is O=C(OCc1ccccc1)N1CCN(c2ccc(OB(O)O)cn2)CC1. The first-order chi connectivity index (χ1) is 12.6. The maximum atomic E-state index is 12.2. The standard InChI is InChI=1S/C17H20BN3O5/c22-17(25-13-14-4-2-1-3-5-14)21-10-8-20(9-11-21)16-7-6-15(12-19-16)26-18(23)24/h1-7,12,23-24H,8-11,13H2. The van der Waals surface area contributed by atoms with Crippen LogP contribution < -0.4 is 9.55 Å². The molecule has 0 aliphatic carbocycles. The molecule has 0 saturated carbocycles. The Balaban J connectivity index is 1.47. The van der Waals surface area contributed by atoms with E-state index in [1.807, 2.05) is 35.2 Å². The molecule has 8 nitrogen and oxygen atoms in total. The molecule has 0 bridgehead atoms. The molecule has 0 atom stereocenters. The summed E-state index contributed by atoms with van der Waals surface area (Å²) >= 11 is 0. The van der Waals surface area contributed by atoms with Gasteiger partial charge in [-0.15, -0.1) is 0 Å². The predicted octanol–water partition coefficient (Wildman–Crippen LogP) is 0.889. The van der Waals surface area contributed by atoms with Crippen LogP contribution in [0, 0.1) is 0 Å². The normalized spacial score (nSPS) is 14.1. The van der Waals surface area contributed by atoms with E-state index in [1.54, 1.807) is 17.0 Å². The van der Waals surface area contributed by atoms with Gasteiger partial charge in [0, 0.05) is 26.2 Å². The van der Waals surface area contributed by atoms with E-state index in [-0.39, 0.29) is 18.4 Å². The molecular weight excluding hydrogens is 337 g/mol. The third-order valence-electron chi connectivity index (χ3n) is 4.03. The number of carbonyl (C=O) groups excluding carboxylic acids is 1. The Labute approximate surface area is 151 Å². The van der Waals surface area contributed by atoms with Crippen molar-refractivity contribution < 1.29 is 24.2 Å². The highest BCUT2D eigenvalue weighted by Gasteiger charge is 2.23. The first-order valence-corrected chi connectivity index (χ1v) is 8.31. The molecule has 0 radical (unpaired) electrons. The highest BCUT2D eigenvalue weighted by molar-refractivity contribution is 6.33. The van der Waals surface area contributed by atoms with Gasteiger partial charge in [0.2, 0.25) is 0 Å². The van der Waals surface area contributed by atoms with Crippen molar-refractivity contribution in [1.29, 1.82) is 0 Å². The van der Waals surface area contributed by atoms with Gasteiger partial charge in [0.05, 0.1) is 6.20 Å². The molecule has 136 valence electrons. The van der Waals surface area contributed by atoms with Gasteiger partial charge in [-0.3, -0.25) is 0 Å². The molecule has 0 unspecified atom stereocenters. The summed E-state index contributed by atoms with van der Waals surface area (Å²) in [6.45, 7) is 2.62. The fourth-order valence-corrected chi connectivity index (χ4v) is 2.68. The van der Waals surface area contributed by atoms with Crippen LogP contribution in [0.15, 0.2) is 48.7 Å². The summed E-state index contributed by atoms with van der Waals surface area (Å²) < 4.78 is 10.1. The first-order valence-electron chi connectivity index (χ1n) is 8.31. The van der Waals surface area contributed by atoms with Gasteiger partial charge in [0.25, 0.3) is 0 Å². The van der Waals surface area contributed by atoms with E-state index in [0.717, 1.165) is 11.4 Å². The molecule has 0 spiro atoms. The number of hydrogen-bond donors (Lipinski definition) is 2. The number of rotatable bonds is 5. The minimum atomic E-state index is -1.87. The lowest BCUT2D eigenvalue weighted by Crippen LogP contribution is -2.49. The van der Waals surface area contributed by atoms with Crippen LogP contribution in [0.3, 0.4) is 0 Å². The Morgan fingerprint density at radius 2 is 1.81 bits per heavy atom. The summed E-state index contributed by atoms with van der Waals surface area (Å²) in [5, 5.41) is 17.5. The molecular formula is C17H20BN3O5. The number of aromatic nitrogens is 1. The van der Waals surface area contributed by atoms with Gasteiger partial charge in [0.15, 0.2) is 0 Å². The number of piperazine rings is 1. The Kier molecular flexibility index (Phi) is 5.93. The summed E-state index contributed by atoms with van der Waals surface area (Å²) in [6.07, 6.45) is 1.11. The number of carbonyl (C=O) groups is 1. The molecule has 1 fully saturated rings. The molecule has 9 heteroatoms. The molecule has 1 aliphatic heterocycles. The molecule has 1 aromatic carbocycles. The van der Waals surface area contributed by atoms with Gasteiger partial charge in [-0.2, -0.15) is 0 Å². The van der Waals surface area contributed by atoms with Gasteiger partial charge in [-0.25, -0.2) is 9.78 Å². The second-order valence-electron chi connectivity index (χ2n) is 5.81.